The first-order chi connectivity index (χ1) is 9.66. The Hall–Kier alpha value is -1.32. The second kappa shape index (κ2) is 4.09. The fourth-order valence-corrected chi connectivity index (χ4v) is 4.10. The molecule has 2 nitrogen and oxygen atoms in total. The zero-order valence-electron chi connectivity index (χ0n) is 11.3. The van der Waals surface area contributed by atoms with Crippen molar-refractivity contribution in [2.75, 3.05) is 11.9 Å². The van der Waals surface area contributed by atoms with Crippen molar-refractivity contribution >= 4 is 21.6 Å². The zero-order chi connectivity index (χ0) is 13.8. The van der Waals surface area contributed by atoms with Gasteiger partial charge in [0.2, 0.25) is 0 Å². The quantitative estimate of drug-likeness (QED) is 0.842. The third-order valence-electron chi connectivity index (χ3n) is 4.78. The Kier molecular flexibility index (Phi) is 2.54. The van der Waals surface area contributed by atoms with Crippen LogP contribution in [0.15, 0.2) is 53.0 Å². The number of hydrogen-bond donors (Lipinski definition) is 1. The number of benzene rings is 2. The van der Waals surface area contributed by atoms with Crippen LogP contribution in [-0.2, 0) is 10.2 Å². The molecule has 2 atom stereocenters. The van der Waals surface area contributed by atoms with Gasteiger partial charge in [0.1, 0.15) is 5.72 Å². The van der Waals surface area contributed by atoms with Gasteiger partial charge in [-0.05, 0) is 42.7 Å². The molecule has 4 rings (SSSR count). The Bertz CT molecular complexity index is 669. The lowest BCUT2D eigenvalue weighted by molar-refractivity contribution is 0.0234. The van der Waals surface area contributed by atoms with Crippen molar-refractivity contribution in [3.63, 3.8) is 0 Å². The normalized spacial score (nSPS) is 30.7. The SMILES string of the molecule is C[C@@]12Nc3ccccc3[C@]1(c1ccc(Br)cc1)CCO2. The first kappa shape index (κ1) is 12.4. The van der Waals surface area contributed by atoms with Gasteiger partial charge in [-0.1, -0.05) is 46.3 Å². The summed E-state index contributed by atoms with van der Waals surface area (Å²) in [7, 11) is 0. The molecule has 2 heterocycles. The van der Waals surface area contributed by atoms with E-state index in [0.717, 1.165) is 17.5 Å². The van der Waals surface area contributed by atoms with E-state index in [4.69, 9.17) is 4.74 Å². The largest absolute Gasteiger partial charge is 0.357 e. The van der Waals surface area contributed by atoms with E-state index in [2.05, 4.69) is 76.7 Å². The summed E-state index contributed by atoms with van der Waals surface area (Å²) >= 11 is 3.52. The molecule has 0 bridgehead atoms. The molecule has 0 amide bonds. The Morgan fingerprint density at radius 3 is 2.65 bits per heavy atom. The van der Waals surface area contributed by atoms with Crippen molar-refractivity contribution < 1.29 is 4.74 Å². The van der Waals surface area contributed by atoms with Crippen LogP contribution >= 0.6 is 15.9 Å². The van der Waals surface area contributed by atoms with Crippen molar-refractivity contribution in [3.8, 4) is 0 Å². The van der Waals surface area contributed by atoms with Crippen LogP contribution in [0.3, 0.4) is 0 Å². The molecule has 1 saturated heterocycles. The number of halogens is 1. The van der Waals surface area contributed by atoms with Crippen LogP contribution in [0, 0.1) is 0 Å². The molecule has 3 heteroatoms. The first-order valence-corrected chi connectivity index (χ1v) is 7.73. The highest BCUT2D eigenvalue weighted by atomic mass is 79.9. The lowest BCUT2D eigenvalue weighted by Crippen LogP contribution is -2.47. The average molecular weight is 330 g/mol. The summed E-state index contributed by atoms with van der Waals surface area (Å²) in [6.07, 6.45) is 1.01. The number of nitrogens with one attached hydrogen (secondary N) is 1. The molecule has 20 heavy (non-hydrogen) atoms. The van der Waals surface area contributed by atoms with Gasteiger partial charge in [-0.15, -0.1) is 0 Å². The molecule has 102 valence electrons. The molecule has 2 aliphatic heterocycles. The maximum atomic E-state index is 6.11. The molecular weight excluding hydrogens is 314 g/mol. The number of rotatable bonds is 1. The molecule has 0 aliphatic carbocycles. The summed E-state index contributed by atoms with van der Waals surface area (Å²) in [4.78, 5) is 0. The van der Waals surface area contributed by atoms with Crippen LogP contribution in [-0.4, -0.2) is 12.3 Å². The van der Waals surface area contributed by atoms with E-state index >= 15 is 0 Å². The summed E-state index contributed by atoms with van der Waals surface area (Å²) in [6, 6.07) is 17.2. The van der Waals surface area contributed by atoms with Crippen LogP contribution in [0.2, 0.25) is 0 Å². The average Bonchev–Trinajstić information content (AvgIpc) is 2.89. The van der Waals surface area contributed by atoms with Crippen LogP contribution in [0.5, 0.6) is 0 Å². The number of ether oxygens (including phenoxy) is 1. The molecule has 2 aromatic rings. The van der Waals surface area contributed by atoms with Crippen LogP contribution < -0.4 is 5.32 Å². The molecule has 1 N–H and O–H groups in total. The molecule has 0 aromatic heterocycles. The molecule has 2 aromatic carbocycles. The fourth-order valence-electron chi connectivity index (χ4n) is 3.84. The highest BCUT2D eigenvalue weighted by Crippen LogP contribution is 2.57. The third-order valence-corrected chi connectivity index (χ3v) is 5.31. The van der Waals surface area contributed by atoms with Crippen molar-refractivity contribution in [2.24, 2.45) is 0 Å². The molecule has 1 fully saturated rings. The zero-order valence-corrected chi connectivity index (χ0v) is 12.9. The maximum Gasteiger partial charge on any atom is 0.149 e. The number of para-hydroxylation sites is 1. The maximum absolute atomic E-state index is 6.11. The van der Waals surface area contributed by atoms with Gasteiger partial charge in [-0.3, -0.25) is 0 Å². The molecule has 0 unspecified atom stereocenters. The van der Waals surface area contributed by atoms with Crippen molar-refractivity contribution in [1.82, 2.24) is 0 Å². The summed E-state index contributed by atoms with van der Waals surface area (Å²) < 4.78 is 7.22. The van der Waals surface area contributed by atoms with Gasteiger partial charge in [0.15, 0.2) is 0 Å². The van der Waals surface area contributed by atoms with Gasteiger partial charge in [-0.25, -0.2) is 0 Å². The second-order valence-electron chi connectivity index (χ2n) is 5.71. The molecule has 0 spiro atoms. The molecule has 0 radical (unpaired) electrons. The van der Waals surface area contributed by atoms with E-state index < -0.39 is 0 Å². The van der Waals surface area contributed by atoms with Gasteiger partial charge in [0, 0.05) is 10.2 Å². The van der Waals surface area contributed by atoms with E-state index in [1.165, 1.54) is 16.8 Å². The van der Waals surface area contributed by atoms with Gasteiger partial charge < -0.3 is 10.1 Å². The van der Waals surface area contributed by atoms with E-state index in [0.29, 0.717) is 0 Å². The Labute approximate surface area is 127 Å². The molecule has 2 aliphatic rings. The minimum atomic E-state index is -0.357. The van der Waals surface area contributed by atoms with E-state index in [9.17, 15) is 0 Å². The van der Waals surface area contributed by atoms with Crippen molar-refractivity contribution in [3.05, 3.63) is 64.1 Å². The van der Waals surface area contributed by atoms with Gasteiger partial charge >= 0.3 is 0 Å². The van der Waals surface area contributed by atoms with E-state index in [1.54, 1.807) is 0 Å². The van der Waals surface area contributed by atoms with Gasteiger partial charge in [0.25, 0.3) is 0 Å². The first-order valence-electron chi connectivity index (χ1n) is 6.93. The van der Waals surface area contributed by atoms with Gasteiger partial charge in [0.05, 0.1) is 12.0 Å². The van der Waals surface area contributed by atoms with Crippen LogP contribution in [0.25, 0.3) is 0 Å². The molecule has 0 saturated carbocycles. The predicted octanol–water partition coefficient (Wildman–Crippen LogP) is 4.30. The number of fused-ring (bicyclic) bond motifs is 3. The lowest BCUT2D eigenvalue weighted by Gasteiger charge is -2.37. The summed E-state index contributed by atoms with van der Waals surface area (Å²) in [6.45, 7) is 2.95. The van der Waals surface area contributed by atoms with E-state index in [-0.39, 0.29) is 11.1 Å². The smallest absolute Gasteiger partial charge is 0.149 e. The predicted molar refractivity (Wildman–Crippen MR) is 84.0 cm³/mol. The minimum Gasteiger partial charge on any atom is -0.357 e. The number of anilines is 1. The van der Waals surface area contributed by atoms with Crippen molar-refractivity contribution in [2.45, 2.75) is 24.5 Å². The third kappa shape index (κ3) is 1.42. The Balaban J connectivity index is 1.99. The van der Waals surface area contributed by atoms with Gasteiger partial charge in [-0.2, -0.15) is 0 Å². The Morgan fingerprint density at radius 2 is 1.85 bits per heavy atom. The highest BCUT2D eigenvalue weighted by molar-refractivity contribution is 9.10. The van der Waals surface area contributed by atoms with Crippen molar-refractivity contribution in [1.29, 1.82) is 0 Å². The summed E-state index contributed by atoms with van der Waals surface area (Å²) in [5.41, 5.74) is 3.41. The standard InChI is InChI=1S/C17H16BrNO/c1-16-17(10-11-20-16,12-6-8-13(18)9-7-12)14-4-2-3-5-15(14)19-16/h2-9,19H,10-11H2,1H3/t16-,17+/m0/s1. The van der Waals surface area contributed by atoms with Crippen LogP contribution in [0.1, 0.15) is 24.5 Å². The summed E-state index contributed by atoms with van der Waals surface area (Å²) in [5, 5.41) is 3.59. The number of hydrogen-bond acceptors (Lipinski definition) is 2. The molecular formula is C17H16BrNO. The second-order valence-corrected chi connectivity index (χ2v) is 6.63. The van der Waals surface area contributed by atoms with E-state index in [1.807, 2.05) is 0 Å². The Morgan fingerprint density at radius 1 is 1.10 bits per heavy atom. The monoisotopic (exact) mass is 329 g/mol. The van der Waals surface area contributed by atoms with Crippen LogP contribution in [0.4, 0.5) is 5.69 Å². The lowest BCUT2D eigenvalue weighted by atomic mass is 9.69. The fraction of sp³-hybridized carbons (Fsp3) is 0.294. The minimum absolute atomic E-state index is 0.0930. The highest BCUT2D eigenvalue weighted by Gasteiger charge is 2.60. The topological polar surface area (TPSA) is 21.3 Å². The summed E-state index contributed by atoms with van der Waals surface area (Å²) in [5.74, 6) is 0.